The molecule has 1 heterocycles. The molecule has 14 nitrogen and oxygen atoms in total. The van der Waals surface area contributed by atoms with Gasteiger partial charge in [-0.05, 0) is 39.6 Å². The van der Waals surface area contributed by atoms with Crippen LogP contribution in [0, 0.1) is 23.0 Å². The van der Waals surface area contributed by atoms with Crippen molar-refractivity contribution in [3.05, 3.63) is 45.3 Å². The van der Waals surface area contributed by atoms with Gasteiger partial charge in [-0.3, -0.25) is 10.1 Å². The molecule has 0 spiro atoms. The normalized spacial score (nSPS) is 12.6. The molecule has 0 aliphatic rings. The molecule has 1 aromatic rings. The molecule has 3 N–H and O–H groups in total. The van der Waals surface area contributed by atoms with Crippen LogP contribution in [0.15, 0.2) is 22.5 Å². The summed E-state index contributed by atoms with van der Waals surface area (Å²) in [5.74, 6) is -5.40. The largest absolute Gasteiger partial charge is 3.00 e. The number of nitrogens with one attached hydrogen (secondary N) is 2. The van der Waals surface area contributed by atoms with Crippen LogP contribution in [0.25, 0.3) is 0 Å². The molecule has 1 atom stereocenters. The molecule has 36 heavy (non-hydrogen) atoms. The van der Waals surface area contributed by atoms with Gasteiger partial charge in [0.25, 0.3) is 6.20 Å². The van der Waals surface area contributed by atoms with E-state index < -0.39 is 34.4 Å². The molecule has 16 heteroatoms. The van der Waals surface area contributed by atoms with Crippen LogP contribution in [0.1, 0.15) is 24.0 Å². The SMILES string of the molecule is CC(O)(C(=O)[O-])C(C(=O)[O-])C(=O)[O-].CNC(=C[N+](=O)[O-])NCCSCc1cc(C)c(CN(C)C)o1.[Bi+3]. The number of hydrogen-bond acceptors (Lipinski definition) is 14. The fraction of sp³-hybridized carbons (Fsp3) is 0.550. The minimum atomic E-state index is -3.06. The minimum absolute atomic E-state index is 0. The molecule has 0 bridgehead atoms. The molecule has 0 aromatic carbocycles. The third-order valence-corrected chi connectivity index (χ3v) is 5.27. The van der Waals surface area contributed by atoms with Crippen LogP contribution >= 0.6 is 11.8 Å². The maximum Gasteiger partial charge on any atom is 3.00 e. The molecular formula is C20H29BiN4O10S. The van der Waals surface area contributed by atoms with Gasteiger partial charge in [-0.15, -0.1) is 0 Å². The summed E-state index contributed by atoms with van der Waals surface area (Å²) >= 11 is 1.72. The zero-order valence-corrected chi connectivity index (χ0v) is 24.7. The van der Waals surface area contributed by atoms with Crippen molar-refractivity contribution in [2.45, 2.75) is 31.7 Å². The molecule has 0 saturated carbocycles. The number of carbonyl (C=O) groups is 3. The molecule has 1 rings (SSSR count). The Hall–Kier alpha value is -2.42. The third-order valence-electron chi connectivity index (χ3n) is 4.29. The summed E-state index contributed by atoms with van der Waals surface area (Å²) in [4.78, 5) is 42.3. The van der Waals surface area contributed by atoms with Gasteiger partial charge in [0.15, 0.2) is 5.82 Å². The molecule has 0 saturated heterocycles. The van der Waals surface area contributed by atoms with Crippen molar-refractivity contribution in [1.82, 2.24) is 15.5 Å². The predicted octanol–water partition coefficient (Wildman–Crippen LogP) is -4.01. The molecule has 0 aliphatic heterocycles. The second-order valence-corrected chi connectivity index (χ2v) is 8.73. The van der Waals surface area contributed by atoms with Crippen LogP contribution < -0.4 is 26.0 Å². The quantitative estimate of drug-likeness (QED) is 0.0547. The van der Waals surface area contributed by atoms with Gasteiger partial charge < -0.3 is 54.8 Å². The number of thioether (sulfide) groups is 1. The first-order valence-corrected chi connectivity index (χ1v) is 11.2. The first-order chi connectivity index (χ1) is 16.1. The van der Waals surface area contributed by atoms with Crippen LogP contribution in [0.5, 0.6) is 0 Å². The first-order valence-electron chi connectivity index (χ1n) is 10.1. The average Bonchev–Trinajstić information content (AvgIpc) is 3.04. The van der Waals surface area contributed by atoms with Gasteiger partial charge in [-0.25, -0.2) is 0 Å². The predicted molar refractivity (Wildman–Crippen MR) is 124 cm³/mol. The van der Waals surface area contributed by atoms with Crippen molar-refractivity contribution in [2.75, 3.05) is 33.4 Å². The van der Waals surface area contributed by atoms with Gasteiger partial charge in [0.1, 0.15) is 17.1 Å². The second kappa shape index (κ2) is 17.1. The number of carboxylic acids is 3. The Bertz CT molecular complexity index is 906. The molecular weight excluding hydrogens is 697 g/mol. The van der Waals surface area contributed by atoms with Crippen molar-refractivity contribution in [3.8, 4) is 0 Å². The van der Waals surface area contributed by atoms with Crippen molar-refractivity contribution in [2.24, 2.45) is 5.92 Å². The van der Waals surface area contributed by atoms with E-state index in [1.54, 1.807) is 18.8 Å². The standard InChI is InChI=1S/C14H24N4O3S.C6H8O7.Bi/c1-11-7-12(21-13(11)8-17(3)4)10-22-6-5-16-14(15-2)9-18(19)20;1-6(13,5(11)12)2(3(7)8)4(9)10;/h7,9,15-16H,5-6,8,10H2,1-4H3;2,13H,1H3,(H,7,8)(H,9,10)(H,11,12);/q;;+3/p-3. The van der Waals surface area contributed by atoms with Gasteiger partial charge in [0, 0.05) is 19.3 Å². The van der Waals surface area contributed by atoms with E-state index in [2.05, 4.69) is 28.5 Å². The van der Waals surface area contributed by atoms with E-state index in [-0.39, 0.29) is 26.2 Å². The smallest absolute Gasteiger partial charge is 0.549 e. The van der Waals surface area contributed by atoms with Gasteiger partial charge in [-0.2, -0.15) is 11.8 Å². The summed E-state index contributed by atoms with van der Waals surface area (Å²) in [6.45, 7) is 3.98. The number of carboxylic acid groups (broad SMARTS) is 3. The molecule has 0 aliphatic carbocycles. The number of aliphatic carboxylic acids is 3. The number of nitro groups is 1. The molecule has 200 valence electrons. The van der Waals surface area contributed by atoms with E-state index in [9.17, 15) is 39.8 Å². The fourth-order valence-electron chi connectivity index (χ4n) is 2.51. The summed E-state index contributed by atoms with van der Waals surface area (Å²) in [5.41, 5.74) is -1.88. The zero-order valence-electron chi connectivity index (χ0n) is 20.4. The number of aliphatic hydroxyl groups is 1. The van der Waals surface area contributed by atoms with E-state index in [4.69, 9.17) is 9.52 Å². The Morgan fingerprint density at radius 3 is 2.22 bits per heavy atom. The maximum absolute atomic E-state index is 10.4. The van der Waals surface area contributed by atoms with Crippen LogP contribution in [0.4, 0.5) is 0 Å². The van der Waals surface area contributed by atoms with Crippen molar-refractivity contribution in [3.63, 3.8) is 0 Å². The van der Waals surface area contributed by atoms with E-state index in [0.717, 1.165) is 35.8 Å². The Kier molecular flexibility index (Phi) is 17.0. The number of furan rings is 1. The fourth-order valence-corrected chi connectivity index (χ4v) is 3.25. The Balaban J connectivity index is 0. The monoisotopic (exact) mass is 726 g/mol. The van der Waals surface area contributed by atoms with Gasteiger partial charge in [-0.1, -0.05) is 0 Å². The second-order valence-electron chi connectivity index (χ2n) is 7.62. The molecule has 2 radical (unpaired) electrons. The van der Waals surface area contributed by atoms with Crippen molar-refractivity contribution < 1.29 is 44.2 Å². The number of nitrogens with zero attached hydrogens (tertiary/aromatic N) is 2. The first kappa shape index (κ1) is 35.7. The topological polar surface area (TPSA) is 224 Å². The summed E-state index contributed by atoms with van der Waals surface area (Å²) in [6.07, 6.45) is 0.925. The van der Waals surface area contributed by atoms with Crippen molar-refractivity contribution >= 4 is 55.9 Å². The summed E-state index contributed by atoms with van der Waals surface area (Å²) in [5, 5.41) is 55.3. The number of aryl methyl sites for hydroxylation is 1. The number of rotatable bonds is 14. The summed E-state index contributed by atoms with van der Waals surface area (Å²) < 4.78 is 5.83. The third kappa shape index (κ3) is 13.0. The van der Waals surface area contributed by atoms with E-state index >= 15 is 0 Å². The summed E-state index contributed by atoms with van der Waals surface area (Å²) in [7, 11) is 5.67. The minimum Gasteiger partial charge on any atom is -0.549 e. The Morgan fingerprint density at radius 1 is 1.28 bits per heavy atom. The Morgan fingerprint density at radius 2 is 1.83 bits per heavy atom. The van der Waals surface area contributed by atoms with Gasteiger partial charge in [0.2, 0.25) is 0 Å². The molecule has 0 amide bonds. The van der Waals surface area contributed by atoms with Crippen LogP contribution in [0.3, 0.4) is 0 Å². The van der Waals surface area contributed by atoms with Crippen LogP contribution in [0.2, 0.25) is 0 Å². The number of hydrogen-bond donors (Lipinski definition) is 3. The van der Waals surface area contributed by atoms with Gasteiger partial charge in [0.05, 0.1) is 41.0 Å². The maximum atomic E-state index is 10.4. The zero-order chi connectivity index (χ0) is 27.3. The van der Waals surface area contributed by atoms with E-state index in [1.807, 2.05) is 14.1 Å². The molecule has 0 fully saturated rings. The van der Waals surface area contributed by atoms with E-state index in [1.165, 1.54) is 5.56 Å². The number of carbonyl (C=O) groups excluding carboxylic acids is 3. The van der Waals surface area contributed by atoms with Crippen LogP contribution in [-0.4, -0.2) is 98.1 Å². The summed E-state index contributed by atoms with van der Waals surface area (Å²) in [6, 6.07) is 2.07. The van der Waals surface area contributed by atoms with Crippen LogP contribution in [-0.2, 0) is 26.7 Å². The van der Waals surface area contributed by atoms with Crippen molar-refractivity contribution in [1.29, 1.82) is 0 Å². The Labute approximate surface area is 231 Å². The molecule has 1 unspecified atom stereocenters. The van der Waals surface area contributed by atoms with E-state index in [0.29, 0.717) is 19.3 Å². The molecule has 1 aromatic heterocycles. The average molecular weight is 727 g/mol. The van der Waals surface area contributed by atoms with Gasteiger partial charge >= 0.3 is 26.2 Å².